The largest absolute Gasteiger partial charge is 0.271 e. The summed E-state index contributed by atoms with van der Waals surface area (Å²) in [5.74, 6) is -0.160. The predicted octanol–water partition coefficient (Wildman–Crippen LogP) is 2.59. The molecule has 19 heavy (non-hydrogen) atoms. The molecule has 98 valence electrons. The molecule has 1 saturated carbocycles. The number of hydrogen-bond acceptors (Lipinski definition) is 3. The molecule has 3 rings (SSSR count). The zero-order valence-corrected chi connectivity index (χ0v) is 10.7. The van der Waals surface area contributed by atoms with Crippen molar-refractivity contribution in [1.29, 1.82) is 5.26 Å². The van der Waals surface area contributed by atoms with Gasteiger partial charge < -0.3 is 0 Å². The van der Waals surface area contributed by atoms with Crippen LogP contribution in [0, 0.1) is 16.7 Å². The van der Waals surface area contributed by atoms with Gasteiger partial charge in [0.05, 0.1) is 18.7 Å². The molecule has 1 aromatic rings. The highest BCUT2D eigenvalue weighted by atomic mass is 16.7. The Morgan fingerprint density at radius 1 is 1.37 bits per heavy atom. The molecule has 1 saturated heterocycles. The highest BCUT2D eigenvalue weighted by molar-refractivity contribution is 5.86. The zero-order chi connectivity index (χ0) is 13.3. The highest BCUT2D eigenvalue weighted by Gasteiger charge is 2.50. The first-order valence-corrected chi connectivity index (χ1v) is 6.70. The molecule has 0 bridgehead atoms. The van der Waals surface area contributed by atoms with E-state index in [4.69, 9.17) is 4.84 Å². The fourth-order valence-corrected chi connectivity index (χ4v) is 2.76. The average Bonchev–Trinajstić information content (AvgIpc) is 2.88. The van der Waals surface area contributed by atoms with Crippen LogP contribution in [0.2, 0.25) is 0 Å². The van der Waals surface area contributed by atoms with E-state index in [-0.39, 0.29) is 11.9 Å². The Morgan fingerprint density at radius 3 is 2.68 bits per heavy atom. The maximum atomic E-state index is 12.5. The molecule has 1 aliphatic carbocycles. The molecule has 0 unspecified atom stereocenters. The normalized spacial score (nSPS) is 24.6. The molecule has 4 nitrogen and oxygen atoms in total. The minimum absolute atomic E-state index is 0.0560. The van der Waals surface area contributed by atoms with Crippen LogP contribution in [0.1, 0.15) is 37.3 Å². The van der Waals surface area contributed by atoms with E-state index in [0.29, 0.717) is 19.4 Å². The molecule has 1 aliphatic heterocycles. The molecule has 0 spiro atoms. The maximum Gasteiger partial charge on any atom is 0.267 e. The summed E-state index contributed by atoms with van der Waals surface area (Å²) in [5, 5.41) is 10.7. The van der Waals surface area contributed by atoms with Crippen molar-refractivity contribution in [3.63, 3.8) is 0 Å². The number of benzene rings is 1. The summed E-state index contributed by atoms with van der Waals surface area (Å²) in [5.41, 5.74) is 0.234. The van der Waals surface area contributed by atoms with Crippen LogP contribution in [0.5, 0.6) is 0 Å². The molecule has 1 atom stereocenters. The standard InChI is InChI=1S/C15H16N2O2/c16-11-15(8-4-9-15)14(18)17-13(7-10-19-17)12-5-2-1-3-6-12/h1-3,5-6,13H,4,7-10H2/t13-/m0/s1. The topological polar surface area (TPSA) is 53.3 Å². The van der Waals surface area contributed by atoms with Crippen molar-refractivity contribution in [1.82, 2.24) is 5.06 Å². The van der Waals surface area contributed by atoms with Crippen LogP contribution in [0.3, 0.4) is 0 Å². The molecule has 1 aromatic carbocycles. The first-order chi connectivity index (χ1) is 9.27. The summed E-state index contributed by atoms with van der Waals surface area (Å²) in [4.78, 5) is 18.0. The van der Waals surface area contributed by atoms with Crippen LogP contribution in [0.15, 0.2) is 30.3 Å². The van der Waals surface area contributed by atoms with E-state index >= 15 is 0 Å². The maximum absolute atomic E-state index is 12.5. The number of amides is 1. The van der Waals surface area contributed by atoms with Gasteiger partial charge >= 0.3 is 0 Å². The van der Waals surface area contributed by atoms with E-state index < -0.39 is 5.41 Å². The quantitative estimate of drug-likeness (QED) is 0.817. The third kappa shape index (κ3) is 1.91. The van der Waals surface area contributed by atoms with Crippen LogP contribution in [-0.2, 0) is 9.63 Å². The van der Waals surface area contributed by atoms with Crippen molar-refractivity contribution in [2.75, 3.05) is 6.61 Å². The Hall–Kier alpha value is -1.86. The van der Waals surface area contributed by atoms with Crippen molar-refractivity contribution in [3.8, 4) is 6.07 Å². The number of carbonyl (C=O) groups excluding carboxylic acids is 1. The molecular weight excluding hydrogens is 240 g/mol. The molecular formula is C15H16N2O2. The van der Waals surface area contributed by atoms with Gasteiger partial charge in [-0.2, -0.15) is 5.26 Å². The summed E-state index contributed by atoms with van der Waals surface area (Å²) in [6, 6.07) is 12.0. The third-order valence-corrected chi connectivity index (χ3v) is 4.12. The van der Waals surface area contributed by atoms with E-state index in [9.17, 15) is 10.1 Å². The van der Waals surface area contributed by atoms with E-state index in [1.807, 2.05) is 30.3 Å². The number of carbonyl (C=O) groups is 1. The summed E-state index contributed by atoms with van der Waals surface area (Å²) in [7, 11) is 0. The van der Waals surface area contributed by atoms with Gasteiger partial charge in [-0.15, -0.1) is 0 Å². The van der Waals surface area contributed by atoms with E-state index in [0.717, 1.165) is 18.4 Å². The fraction of sp³-hybridized carbons (Fsp3) is 0.467. The average molecular weight is 256 g/mol. The second-order valence-electron chi connectivity index (χ2n) is 5.23. The minimum Gasteiger partial charge on any atom is -0.271 e. The van der Waals surface area contributed by atoms with E-state index in [1.165, 1.54) is 5.06 Å². The number of rotatable bonds is 2. The van der Waals surface area contributed by atoms with Gasteiger partial charge in [0.2, 0.25) is 0 Å². The summed E-state index contributed by atoms with van der Waals surface area (Å²) in [6.45, 7) is 0.535. The van der Waals surface area contributed by atoms with Crippen molar-refractivity contribution < 1.29 is 9.63 Å². The second-order valence-corrected chi connectivity index (χ2v) is 5.23. The molecule has 2 fully saturated rings. The van der Waals surface area contributed by atoms with Crippen molar-refractivity contribution in [3.05, 3.63) is 35.9 Å². The highest BCUT2D eigenvalue weighted by Crippen LogP contribution is 2.44. The summed E-state index contributed by atoms with van der Waals surface area (Å²) in [6.07, 6.45) is 3.05. The van der Waals surface area contributed by atoms with E-state index in [2.05, 4.69) is 6.07 Å². The number of nitriles is 1. The SMILES string of the molecule is N#CC1(C(=O)N2OCC[C@H]2c2ccccc2)CCC1. The molecule has 1 heterocycles. The van der Waals surface area contributed by atoms with Gasteiger partial charge in [-0.05, 0) is 24.8 Å². The first kappa shape index (κ1) is 12.2. The van der Waals surface area contributed by atoms with Gasteiger partial charge in [0, 0.05) is 6.42 Å². The Bertz CT molecular complexity index is 517. The Balaban J connectivity index is 1.84. The first-order valence-electron chi connectivity index (χ1n) is 6.70. The van der Waals surface area contributed by atoms with Crippen LogP contribution in [0.4, 0.5) is 0 Å². The van der Waals surface area contributed by atoms with Crippen LogP contribution >= 0.6 is 0 Å². The fourth-order valence-electron chi connectivity index (χ4n) is 2.76. The minimum atomic E-state index is -0.836. The second kappa shape index (κ2) is 4.67. The number of hydrogen-bond donors (Lipinski definition) is 0. The molecule has 0 N–H and O–H groups in total. The van der Waals surface area contributed by atoms with Crippen LogP contribution < -0.4 is 0 Å². The monoisotopic (exact) mass is 256 g/mol. The lowest BCUT2D eigenvalue weighted by Gasteiger charge is -2.37. The molecule has 0 aromatic heterocycles. The Labute approximate surface area is 112 Å². The molecule has 1 amide bonds. The zero-order valence-electron chi connectivity index (χ0n) is 10.7. The molecule has 2 aliphatic rings. The lowest BCUT2D eigenvalue weighted by Crippen LogP contribution is -2.46. The molecule has 4 heteroatoms. The van der Waals surface area contributed by atoms with Crippen molar-refractivity contribution in [2.24, 2.45) is 5.41 Å². The van der Waals surface area contributed by atoms with Gasteiger partial charge in [0.1, 0.15) is 5.41 Å². The number of nitrogens with zero attached hydrogens (tertiary/aromatic N) is 2. The van der Waals surface area contributed by atoms with Gasteiger partial charge in [-0.1, -0.05) is 30.3 Å². The molecule has 0 radical (unpaired) electrons. The predicted molar refractivity (Wildman–Crippen MR) is 68.5 cm³/mol. The number of hydroxylamine groups is 2. The lowest BCUT2D eigenvalue weighted by atomic mass is 9.69. The van der Waals surface area contributed by atoms with Crippen LogP contribution in [-0.4, -0.2) is 17.6 Å². The van der Waals surface area contributed by atoms with Crippen molar-refractivity contribution in [2.45, 2.75) is 31.7 Å². The van der Waals surface area contributed by atoms with Crippen molar-refractivity contribution >= 4 is 5.91 Å². The summed E-state index contributed by atoms with van der Waals surface area (Å²) < 4.78 is 0. The Kier molecular flexibility index (Phi) is 3.00. The van der Waals surface area contributed by atoms with Gasteiger partial charge in [-0.25, -0.2) is 5.06 Å². The van der Waals surface area contributed by atoms with Gasteiger partial charge in [0.15, 0.2) is 0 Å². The van der Waals surface area contributed by atoms with Gasteiger partial charge in [0.25, 0.3) is 5.91 Å². The smallest absolute Gasteiger partial charge is 0.267 e. The summed E-state index contributed by atoms with van der Waals surface area (Å²) >= 11 is 0. The third-order valence-electron chi connectivity index (χ3n) is 4.12. The van der Waals surface area contributed by atoms with Crippen LogP contribution in [0.25, 0.3) is 0 Å². The van der Waals surface area contributed by atoms with E-state index in [1.54, 1.807) is 0 Å². The Morgan fingerprint density at radius 2 is 2.11 bits per heavy atom. The lowest BCUT2D eigenvalue weighted by molar-refractivity contribution is -0.189. The van der Waals surface area contributed by atoms with Gasteiger partial charge in [-0.3, -0.25) is 9.63 Å².